The third-order valence-electron chi connectivity index (χ3n) is 1.17. The third kappa shape index (κ3) is 5.57. The van der Waals surface area contributed by atoms with Gasteiger partial charge in [-0.1, -0.05) is 18.6 Å². The quantitative estimate of drug-likeness (QED) is 0.577. The van der Waals surface area contributed by atoms with E-state index in [0.29, 0.717) is 0 Å². The zero-order chi connectivity index (χ0) is 7.28. The van der Waals surface area contributed by atoms with E-state index in [-0.39, 0.29) is 6.10 Å². The number of hydrogen-bond acceptors (Lipinski definition) is 1. The van der Waals surface area contributed by atoms with Gasteiger partial charge in [-0.15, -0.1) is 0 Å². The molecular formula is C8H16O. The van der Waals surface area contributed by atoms with Crippen molar-refractivity contribution in [1.29, 1.82) is 0 Å². The van der Waals surface area contributed by atoms with E-state index in [4.69, 9.17) is 5.11 Å². The standard InChI is InChI=1S/C8H16O/c1-4-5-7(2)6-8(3)9/h5,8-9H,4,6H2,1-3H3. The molecule has 0 fully saturated rings. The van der Waals surface area contributed by atoms with Crippen LogP contribution in [0.5, 0.6) is 0 Å². The monoisotopic (exact) mass is 128 g/mol. The molecule has 0 radical (unpaired) electrons. The first-order valence-electron chi connectivity index (χ1n) is 3.50. The fourth-order valence-corrected chi connectivity index (χ4v) is 0.898. The fourth-order valence-electron chi connectivity index (χ4n) is 0.898. The largest absolute Gasteiger partial charge is 0.393 e. The Labute approximate surface area is 57.4 Å². The molecule has 54 valence electrons. The summed E-state index contributed by atoms with van der Waals surface area (Å²) in [4.78, 5) is 0. The fraction of sp³-hybridized carbons (Fsp3) is 0.750. The number of aliphatic hydroxyl groups is 1. The Bertz CT molecular complexity index is 92.7. The molecule has 0 saturated heterocycles. The van der Waals surface area contributed by atoms with Gasteiger partial charge >= 0.3 is 0 Å². The summed E-state index contributed by atoms with van der Waals surface area (Å²) in [6, 6.07) is 0. The van der Waals surface area contributed by atoms with Crippen LogP contribution in [0.4, 0.5) is 0 Å². The minimum Gasteiger partial charge on any atom is -0.393 e. The predicted molar refractivity (Wildman–Crippen MR) is 40.3 cm³/mol. The first-order valence-corrected chi connectivity index (χ1v) is 3.50. The highest BCUT2D eigenvalue weighted by Crippen LogP contribution is 2.04. The van der Waals surface area contributed by atoms with Gasteiger partial charge in [-0.2, -0.15) is 0 Å². The van der Waals surface area contributed by atoms with Crippen LogP contribution in [0.2, 0.25) is 0 Å². The van der Waals surface area contributed by atoms with Gasteiger partial charge < -0.3 is 5.11 Å². The van der Waals surface area contributed by atoms with Crippen LogP contribution < -0.4 is 0 Å². The Hall–Kier alpha value is -0.300. The van der Waals surface area contributed by atoms with Crippen molar-refractivity contribution in [3.63, 3.8) is 0 Å². The molecular weight excluding hydrogens is 112 g/mol. The lowest BCUT2D eigenvalue weighted by Crippen LogP contribution is -1.98. The van der Waals surface area contributed by atoms with E-state index in [1.54, 1.807) is 0 Å². The Morgan fingerprint density at radius 3 is 2.56 bits per heavy atom. The van der Waals surface area contributed by atoms with Gasteiger partial charge in [0.2, 0.25) is 0 Å². The van der Waals surface area contributed by atoms with Gasteiger partial charge in [-0.3, -0.25) is 0 Å². The van der Waals surface area contributed by atoms with E-state index in [1.165, 1.54) is 5.57 Å². The topological polar surface area (TPSA) is 20.2 Å². The summed E-state index contributed by atoms with van der Waals surface area (Å²) in [6.45, 7) is 5.97. The number of hydrogen-bond donors (Lipinski definition) is 1. The van der Waals surface area contributed by atoms with Gasteiger partial charge in [0.25, 0.3) is 0 Å². The van der Waals surface area contributed by atoms with E-state index in [9.17, 15) is 0 Å². The molecule has 1 atom stereocenters. The first-order chi connectivity index (χ1) is 4.16. The summed E-state index contributed by atoms with van der Waals surface area (Å²) >= 11 is 0. The molecule has 0 spiro atoms. The lowest BCUT2D eigenvalue weighted by Gasteiger charge is -2.02. The van der Waals surface area contributed by atoms with Crippen molar-refractivity contribution >= 4 is 0 Å². The second-order valence-electron chi connectivity index (χ2n) is 2.51. The van der Waals surface area contributed by atoms with Crippen LogP contribution in [0.25, 0.3) is 0 Å². The minimum atomic E-state index is -0.187. The first kappa shape index (κ1) is 8.70. The maximum absolute atomic E-state index is 8.91. The molecule has 0 heterocycles. The molecule has 0 bridgehead atoms. The molecule has 1 nitrogen and oxygen atoms in total. The molecule has 0 aliphatic heterocycles. The van der Waals surface area contributed by atoms with E-state index in [2.05, 4.69) is 19.9 Å². The lowest BCUT2D eigenvalue weighted by atomic mass is 10.1. The smallest absolute Gasteiger partial charge is 0.0549 e. The van der Waals surface area contributed by atoms with Crippen LogP contribution in [-0.2, 0) is 0 Å². The molecule has 1 unspecified atom stereocenters. The van der Waals surface area contributed by atoms with Crippen molar-refractivity contribution in [3.05, 3.63) is 11.6 Å². The van der Waals surface area contributed by atoms with E-state index in [0.717, 1.165) is 12.8 Å². The van der Waals surface area contributed by atoms with Crippen molar-refractivity contribution < 1.29 is 5.11 Å². The van der Waals surface area contributed by atoms with Gasteiger partial charge in [0, 0.05) is 0 Å². The van der Waals surface area contributed by atoms with E-state index < -0.39 is 0 Å². The molecule has 0 rings (SSSR count). The zero-order valence-electron chi connectivity index (χ0n) is 6.52. The number of aliphatic hydroxyl groups excluding tert-OH is 1. The van der Waals surface area contributed by atoms with Gasteiger partial charge in [0.05, 0.1) is 6.10 Å². The molecule has 0 aromatic carbocycles. The molecule has 0 aliphatic rings. The highest BCUT2D eigenvalue weighted by molar-refractivity contribution is 4.98. The molecule has 0 aromatic rings. The van der Waals surface area contributed by atoms with Gasteiger partial charge in [-0.25, -0.2) is 0 Å². The molecule has 0 aliphatic carbocycles. The minimum absolute atomic E-state index is 0.187. The Balaban J connectivity index is 3.49. The Kier molecular flexibility index (Phi) is 4.41. The third-order valence-corrected chi connectivity index (χ3v) is 1.17. The van der Waals surface area contributed by atoms with Crippen molar-refractivity contribution in [1.82, 2.24) is 0 Å². The Morgan fingerprint density at radius 2 is 2.22 bits per heavy atom. The van der Waals surface area contributed by atoms with Crippen LogP contribution in [0.3, 0.4) is 0 Å². The molecule has 0 amide bonds. The van der Waals surface area contributed by atoms with Crippen LogP contribution in [-0.4, -0.2) is 11.2 Å². The van der Waals surface area contributed by atoms with Crippen LogP contribution in [0, 0.1) is 0 Å². The highest BCUT2D eigenvalue weighted by Gasteiger charge is 1.94. The molecule has 1 heteroatoms. The summed E-state index contributed by atoms with van der Waals surface area (Å²) in [6.07, 6.45) is 3.84. The van der Waals surface area contributed by atoms with Gasteiger partial charge in [0.1, 0.15) is 0 Å². The average molecular weight is 128 g/mol. The highest BCUT2D eigenvalue weighted by atomic mass is 16.3. The van der Waals surface area contributed by atoms with E-state index >= 15 is 0 Å². The summed E-state index contributed by atoms with van der Waals surface area (Å²) in [5.74, 6) is 0. The average Bonchev–Trinajstić information content (AvgIpc) is 1.63. The maximum atomic E-state index is 8.91. The zero-order valence-corrected chi connectivity index (χ0v) is 6.52. The van der Waals surface area contributed by atoms with Gasteiger partial charge in [0.15, 0.2) is 0 Å². The number of rotatable bonds is 3. The number of allylic oxidation sites excluding steroid dienone is 1. The van der Waals surface area contributed by atoms with Crippen LogP contribution >= 0.6 is 0 Å². The summed E-state index contributed by atoms with van der Waals surface area (Å²) < 4.78 is 0. The molecule has 0 saturated carbocycles. The van der Waals surface area contributed by atoms with Crippen molar-refractivity contribution in [2.24, 2.45) is 0 Å². The molecule has 1 N–H and O–H groups in total. The van der Waals surface area contributed by atoms with Crippen LogP contribution in [0.15, 0.2) is 11.6 Å². The molecule has 9 heavy (non-hydrogen) atoms. The van der Waals surface area contributed by atoms with Crippen molar-refractivity contribution in [2.75, 3.05) is 0 Å². The van der Waals surface area contributed by atoms with Crippen molar-refractivity contribution in [2.45, 2.75) is 39.7 Å². The Morgan fingerprint density at radius 1 is 1.67 bits per heavy atom. The van der Waals surface area contributed by atoms with E-state index in [1.807, 2.05) is 6.92 Å². The second-order valence-corrected chi connectivity index (χ2v) is 2.51. The van der Waals surface area contributed by atoms with Gasteiger partial charge in [-0.05, 0) is 26.7 Å². The lowest BCUT2D eigenvalue weighted by molar-refractivity contribution is 0.195. The predicted octanol–water partition coefficient (Wildman–Crippen LogP) is 2.11. The summed E-state index contributed by atoms with van der Waals surface area (Å²) in [5.41, 5.74) is 1.28. The SMILES string of the molecule is CCC=C(C)CC(C)O. The molecule has 0 aromatic heterocycles. The maximum Gasteiger partial charge on any atom is 0.0549 e. The van der Waals surface area contributed by atoms with Crippen molar-refractivity contribution in [3.8, 4) is 0 Å². The normalized spacial score (nSPS) is 15.8. The summed E-state index contributed by atoms with van der Waals surface area (Å²) in [7, 11) is 0. The summed E-state index contributed by atoms with van der Waals surface area (Å²) in [5, 5.41) is 8.91. The second kappa shape index (κ2) is 4.57. The van der Waals surface area contributed by atoms with Crippen LogP contribution in [0.1, 0.15) is 33.6 Å².